The molecule has 0 aliphatic carbocycles. The van der Waals surface area contributed by atoms with Crippen molar-refractivity contribution >= 4 is 17.3 Å². The van der Waals surface area contributed by atoms with Crippen molar-refractivity contribution in [1.29, 1.82) is 0 Å². The van der Waals surface area contributed by atoms with E-state index in [1.54, 1.807) is 0 Å². The molecule has 2 atom stereocenters. The number of rotatable bonds is 2. The summed E-state index contributed by atoms with van der Waals surface area (Å²) in [5.41, 5.74) is 2.46. The zero-order chi connectivity index (χ0) is 12.4. The number of halogens is 1. The number of nitrogens with zero attached hydrogens (tertiary/aromatic N) is 1. The van der Waals surface area contributed by atoms with E-state index in [2.05, 4.69) is 43.2 Å². The molecule has 3 heteroatoms. The highest BCUT2D eigenvalue weighted by Crippen LogP contribution is 2.30. The summed E-state index contributed by atoms with van der Waals surface area (Å²) >= 11 is 6.29. The zero-order valence-corrected chi connectivity index (χ0v) is 11.6. The van der Waals surface area contributed by atoms with Gasteiger partial charge in [0.05, 0.1) is 10.7 Å². The molecule has 1 heterocycles. The lowest BCUT2D eigenvalue weighted by atomic mass is 9.93. The molecule has 0 saturated carbocycles. The molecule has 2 unspecified atom stereocenters. The van der Waals surface area contributed by atoms with Gasteiger partial charge in [0.25, 0.3) is 0 Å². The van der Waals surface area contributed by atoms with Gasteiger partial charge in [0.15, 0.2) is 0 Å². The number of anilines is 1. The van der Waals surface area contributed by atoms with Crippen LogP contribution in [0.5, 0.6) is 0 Å². The first kappa shape index (κ1) is 12.7. The molecule has 94 valence electrons. The Kier molecular flexibility index (Phi) is 3.95. The number of benzene rings is 1. The average Bonchev–Trinajstić information content (AvgIpc) is 2.32. The van der Waals surface area contributed by atoms with Gasteiger partial charge in [-0.1, -0.05) is 24.6 Å². The Balaban J connectivity index is 2.16. The first-order valence-electron chi connectivity index (χ1n) is 6.30. The fraction of sp³-hybridized carbons (Fsp3) is 0.571. The first-order valence-corrected chi connectivity index (χ1v) is 6.68. The molecule has 0 spiro atoms. The molecule has 0 aromatic heterocycles. The summed E-state index contributed by atoms with van der Waals surface area (Å²) in [7, 11) is 2.05. The molecule has 2 nitrogen and oxygen atoms in total. The Labute approximate surface area is 109 Å². The van der Waals surface area contributed by atoms with Gasteiger partial charge in [0.1, 0.15) is 0 Å². The lowest BCUT2D eigenvalue weighted by Gasteiger charge is -2.38. The summed E-state index contributed by atoms with van der Waals surface area (Å²) in [6.45, 7) is 6.58. The Bertz CT molecular complexity index is 392. The predicted molar refractivity (Wildman–Crippen MR) is 75.0 cm³/mol. The Hall–Kier alpha value is -0.730. The fourth-order valence-corrected chi connectivity index (χ4v) is 2.90. The van der Waals surface area contributed by atoms with E-state index < -0.39 is 0 Å². The average molecular weight is 253 g/mol. The van der Waals surface area contributed by atoms with E-state index >= 15 is 0 Å². The maximum Gasteiger partial charge on any atom is 0.0639 e. The summed E-state index contributed by atoms with van der Waals surface area (Å²) in [5.74, 6) is 0.658. The van der Waals surface area contributed by atoms with Crippen LogP contribution in [-0.4, -0.2) is 26.2 Å². The van der Waals surface area contributed by atoms with E-state index in [0.717, 1.165) is 18.1 Å². The second-order valence-electron chi connectivity index (χ2n) is 5.06. The van der Waals surface area contributed by atoms with Crippen molar-refractivity contribution in [2.75, 3.05) is 25.0 Å². The Morgan fingerprint density at radius 2 is 2.18 bits per heavy atom. The third kappa shape index (κ3) is 2.75. The standard InChI is InChI=1S/C14H21ClN2/c1-10-4-5-12(15)14(8-10)17-7-6-13(16-3)11(2)9-17/h4-5,8,11,13,16H,6-7,9H2,1-3H3. The van der Waals surface area contributed by atoms with Crippen LogP contribution < -0.4 is 10.2 Å². The van der Waals surface area contributed by atoms with E-state index in [1.807, 2.05) is 6.07 Å². The molecule has 17 heavy (non-hydrogen) atoms. The lowest BCUT2D eigenvalue weighted by molar-refractivity contribution is 0.339. The van der Waals surface area contributed by atoms with Crippen molar-refractivity contribution < 1.29 is 0 Å². The summed E-state index contributed by atoms with van der Waals surface area (Å²) in [6.07, 6.45) is 1.18. The van der Waals surface area contributed by atoms with E-state index in [4.69, 9.17) is 11.6 Å². The Morgan fingerprint density at radius 3 is 2.82 bits per heavy atom. The number of hydrogen-bond acceptors (Lipinski definition) is 2. The van der Waals surface area contributed by atoms with Gasteiger partial charge in [-0.25, -0.2) is 0 Å². The second kappa shape index (κ2) is 5.28. The largest absolute Gasteiger partial charge is 0.370 e. The van der Waals surface area contributed by atoms with Crippen LogP contribution >= 0.6 is 11.6 Å². The van der Waals surface area contributed by atoms with Gasteiger partial charge in [-0.05, 0) is 44.0 Å². The van der Waals surface area contributed by atoms with Crippen molar-refractivity contribution in [3.8, 4) is 0 Å². The second-order valence-corrected chi connectivity index (χ2v) is 5.47. The van der Waals surface area contributed by atoms with Gasteiger partial charge >= 0.3 is 0 Å². The number of hydrogen-bond donors (Lipinski definition) is 1. The zero-order valence-electron chi connectivity index (χ0n) is 10.8. The molecule has 0 amide bonds. The van der Waals surface area contributed by atoms with Crippen LogP contribution in [0.2, 0.25) is 5.02 Å². The van der Waals surface area contributed by atoms with Crippen LogP contribution in [0.25, 0.3) is 0 Å². The highest BCUT2D eigenvalue weighted by Gasteiger charge is 2.25. The van der Waals surface area contributed by atoms with Crippen LogP contribution in [0.4, 0.5) is 5.69 Å². The molecule has 1 fully saturated rings. The maximum atomic E-state index is 6.29. The number of aryl methyl sites for hydroxylation is 1. The third-order valence-electron chi connectivity index (χ3n) is 3.72. The molecule has 1 aromatic rings. The van der Waals surface area contributed by atoms with Crippen LogP contribution in [0.1, 0.15) is 18.9 Å². The minimum atomic E-state index is 0.634. The van der Waals surface area contributed by atoms with E-state index in [1.165, 1.54) is 17.7 Å². The van der Waals surface area contributed by atoms with Gasteiger partial charge < -0.3 is 10.2 Å². The highest BCUT2D eigenvalue weighted by molar-refractivity contribution is 6.33. The third-order valence-corrected chi connectivity index (χ3v) is 4.04. The lowest BCUT2D eigenvalue weighted by Crippen LogP contribution is -2.47. The minimum Gasteiger partial charge on any atom is -0.370 e. The Morgan fingerprint density at radius 1 is 1.41 bits per heavy atom. The van der Waals surface area contributed by atoms with Crippen molar-refractivity contribution in [3.63, 3.8) is 0 Å². The summed E-state index contributed by atoms with van der Waals surface area (Å²) in [4.78, 5) is 2.41. The summed E-state index contributed by atoms with van der Waals surface area (Å²) in [6, 6.07) is 6.89. The molecule has 2 rings (SSSR count). The molecule has 1 aromatic carbocycles. The van der Waals surface area contributed by atoms with Gasteiger partial charge in [0.2, 0.25) is 0 Å². The molecule has 0 radical (unpaired) electrons. The summed E-state index contributed by atoms with van der Waals surface area (Å²) in [5, 5.41) is 4.26. The van der Waals surface area contributed by atoms with Gasteiger partial charge in [-0.15, -0.1) is 0 Å². The minimum absolute atomic E-state index is 0.634. The fourth-order valence-electron chi connectivity index (χ4n) is 2.66. The van der Waals surface area contributed by atoms with Crippen molar-refractivity contribution in [1.82, 2.24) is 5.32 Å². The maximum absolute atomic E-state index is 6.29. The molecule has 0 bridgehead atoms. The van der Waals surface area contributed by atoms with Gasteiger partial charge in [-0.3, -0.25) is 0 Å². The summed E-state index contributed by atoms with van der Waals surface area (Å²) < 4.78 is 0. The van der Waals surface area contributed by atoms with Crippen LogP contribution in [-0.2, 0) is 0 Å². The normalized spacial score (nSPS) is 25.1. The van der Waals surface area contributed by atoms with Gasteiger partial charge in [-0.2, -0.15) is 0 Å². The molecular weight excluding hydrogens is 232 g/mol. The molecule has 1 aliphatic rings. The van der Waals surface area contributed by atoms with Crippen LogP contribution in [0.3, 0.4) is 0 Å². The van der Waals surface area contributed by atoms with Crippen molar-refractivity contribution in [3.05, 3.63) is 28.8 Å². The van der Waals surface area contributed by atoms with Crippen molar-refractivity contribution in [2.45, 2.75) is 26.3 Å². The van der Waals surface area contributed by atoms with Crippen LogP contribution in [0, 0.1) is 12.8 Å². The molecular formula is C14H21ClN2. The van der Waals surface area contributed by atoms with Gasteiger partial charge in [0, 0.05) is 19.1 Å². The van der Waals surface area contributed by atoms with E-state index in [-0.39, 0.29) is 0 Å². The monoisotopic (exact) mass is 252 g/mol. The number of piperidine rings is 1. The smallest absolute Gasteiger partial charge is 0.0639 e. The first-order chi connectivity index (χ1) is 8.11. The quantitative estimate of drug-likeness (QED) is 0.870. The predicted octanol–water partition coefficient (Wildman–Crippen LogP) is 3.08. The van der Waals surface area contributed by atoms with Crippen molar-refractivity contribution in [2.24, 2.45) is 5.92 Å². The molecule has 1 aliphatic heterocycles. The topological polar surface area (TPSA) is 15.3 Å². The van der Waals surface area contributed by atoms with Crippen LogP contribution in [0.15, 0.2) is 18.2 Å². The number of nitrogens with one attached hydrogen (secondary N) is 1. The van der Waals surface area contributed by atoms with E-state index in [0.29, 0.717) is 12.0 Å². The van der Waals surface area contributed by atoms with E-state index in [9.17, 15) is 0 Å². The SMILES string of the molecule is CNC1CCN(c2cc(C)ccc2Cl)CC1C. The molecule has 1 saturated heterocycles. The highest BCUT2D eigenvalue weighted by atomic mass is 35.5. The molecule has 1 N–H and O–H groups in total.